The first-order valence-electron chi connectivity index (χ1n) is 19.2. The van der Waals surface area contributed by atoms with Crippen molar-refractivity contribution in [3.05, 3.63) is 34.9 Å². The van der Waals surface area contributed by atoms with Crippen LogP contribution in [-0.2, 0) is 4.79 Å². The Bertz CT molecular complexity index is 1250. The molecule has 3 nitrogen and oxygen atoms in total. The molecule has 0 bridgehead atoms. The zero-order valence-corrected chi connectivity index (χ0v) is 28.4. The minimum atomic E-state index is -0.615. The molecule has 0 heterocycles. The summed E-state index contributed by atoms with van der Waals surface area (Å²) in [7, 11) is 0. The minimum Gasteiger partial charge on any atom is -0.481 e. The molecule has 8 unspecified atom stereocenters. The van der Waals surface area contributed by atoms with Gasteiger partial charge >= 0.3 is 5.97 Å². The molecule has 0 spiro atoms. The summed E-state index contributed by atoms with van der Waals surface area (Å²) in [4.78, 5) is 11.6. The summed E-state index contributed by atoms with van der Waals surface area (Å²) >= 11 is 0. The zero-order chi connectivity index (χ0) is 30.5. The maximum absolute atomic E-state index is 11.6. The molecule has 0 aromatic carbocycles. The number of hydrogen-bond donors (Lipinski definition) is 2. The molecule has 10 atom stereocenters. The number of hydrogen-bond acceptors (Lipinski definition) is 2. The Hall–Kier alpha value is -1.35. The average molecular weight is 600 g/mol. The van der Waals surface area contributed by atoms with Crippen molar-refractivity contribution in [2.75, 3.05) is 6.54 Å². The van der Waals surface area contributed by atoms with Gasteiger partial charge in [-0.1, -0.05) is 57.9 Å². The molecule has 44 heavy (non-hydrogen) atoms. The first-order valence-corrected chi connectivity index (χ1v) is 19.2. The van der Waals surface area contributed by atoms with Gasteiger partial charge in [-0.15, -0.1) is 0 Å². The predicted molar refractivity (Wildman–Crippen MR) is 179 cm³/mol. The number of allylic oxidation sites excluding steroid dienone is 5. The first-order chi connectivity index (χ1) is 21.1. The molecule has 6 fully saturated rings. The van der Waals surface area contributed by atoms with Gasteiger partial charge in [0.25, 0.3) is 0 Å². The molecule has 8 rings (SSSR count). The lowest BCUT2D eigenvalue weighted by Gasteiger charge is -2.71. The van der Waals surface area contributed by atoms with Crippen LogP contribution in [0.25, 0.3) is 0 Å². The molecule has 242 valence electrons. The van der Waals surface area contributed by atoms with Crippen molar-refractivity contribution in [3.63, 3.8) is 0 Å². The Labute approximate surface area is 268 Å². The van der Waals surface area contributed by atoms with Crippen LogP contribution in [0.5, 0.6) is 0 Å². The molecular formula is C41H61NO2. The second kappa shape index (κ2) is 10.6. The highest BCUT2D eigenvalue weighted by Gasteiger charge is 2.68. The molecular weight excluding hydrogens is 538 g/mol. The third-order valence-electron chi connectivity index (χ3n) is 16.6. The molecule has 0 amide bonds. The third-order valence-corrected chi connectivity index (χ3v) is 16.6. The fraction of sp³-hybridized carbons (Fsp3) is 0.829. The van der Waals surface area contributed by atoms with Crippen LogP contribution < -0.4 is 5.32 Å². The molecule has 6 saturated carbocycles. The summed E-state index contributed by atoms with van der Waals surface area (Å²) in [5.41, 5.74) is 6.58. The third kappa shape index (κ3) is 4.46. The van der Waals surface area contributed by atoms with E-state index in [1.54, 1.807) is 5.57 Å². The van der Waals surface area contributed by atoms with Gasteiger partial charge in [0.05, 0.1) is 5.92 Å². The Kier molecular flexibility index (Phi) is 7.22. The maximum Gasteiger partial charge on any atom is 0.306 e. The second-order valence-electron chi connectivity index (χ2n) is 18.2. The molecule has 0 aromatic rings. The SMILES string of the molecule is CC1C(C2=CCC(C(=O)O)CC2)=CCC2(C)C1CC[C@]1(C)C2CCC2C3CCCC3(NCC=C(C3CC3)C3CC3)CC[C@]21C. The minimum absolute atomic E-state index is 0.182. The van der Waals surface area contributed by atoms with E-state index in [1.165, 1.54) is 95.5 Å². The Morgan fingerprint density at radius 3 is 2.30 bits per heavy atom. The maximum atomic E-state index is 11.6. The fourth-order valence-electron chi connectivity index (χ4n) is 13.7. The van der Waals surface area contributed by atoms with E-state index in [4.69, 9.17) is 0 Å². The lowest BCUT2D eigenvalue weighted by atomic mass is 9.34. The quantitative estimate of drug-likeness (QED) is 0.286. The Morgan fingerprint density at radius 1 is 0.841 bits per heavy atom. The van der Waals surface area contributed by atoms with Crippen LogP contribution in [0.3, 0.4) is 0 Å². The molecule has 0 aromatic heterocycles. The number of fused-ring (bicyclic) bond motifs is 7. The molecule has 0 aliphatic heterocycles. The second-order valence-corrected chi connectivity index (χ2v) is 18.2. The van der Waals surface area contributed by atoms with E-state index in [1.807, 2.05) is 5.57 Å². The van der Waals surface area contributed by atoms with E-state index in [0.717, 1.165) is 54.9 Å². The van der Waals surface area contributed by atoms with Crippen LogP contribution in [0.1, 0.15) is 137 Å². The van der Waals surface area contributed by atoms with Crippen LogP contribution >= 0.6 is 0 Å². The smallest absolute Gasteiger partial charge is 0.306 e. The standard InChI is InChI=1S/C41H61NO2/c1-26-31(27-11-13-30(14-12-27)37(43)44)17-21-38(2)33(26)18-22-40(4)36(38)16-15-34-35-6-5-20-41(35,24-23-39(34,40)3)42-25-19-32(28-7-8-28)29-9-10-29/h11,17,19,26,28-30,33-36,42H,5-10,12-16,18,20-25H2,1-4H3,(H,43,44)/t26?,30?,33?,34?,35?,36?,38?,39-,40-,41?/m1/s1. The van der Waals surface area contributed by atoms with Gasteiger partial charge in [0.2, 0.25) is 0 Å². The van der Waals surface area contributed by atoms with Gasteiger partial charge in [0, 0.05) is 12.1 Å². The largest absolute Gasteiger partial charge is 0.481 e. The summed E-state index contributed by atoms with van der Waals surface area (Å²) in [6.45, 7) is 11.9. The highest BCUT2D eigenvalue weighted by Crippen LogP contribution is 2.75. The van der Waals surface area contributed by atoms with Crippen molar-refractivity contribution in [1.29, 1.82) is 0 Å². The van der Waals surface area contributed by atoms with Gasteiger partial charge in [0.1, 0.15) is 0 Å². The van der Waals surface area contributed by atoms with Crippen LogP contribution in [0.4, 0.5) is 0 Å². The van der Waals surface area contributed by atoms with Gasteiger partial charge in [-0.3, -0.25) is 4.79 Å². The van der Waals surface area contributed by atoms with Crippen molar-refractivity contribution in [2.24, 2.45) is 63.6 Å². The van der Waals surface area contributed by atoms with Gasteiger partial charge in [-0.25, -0.2) is 0 Å². The van der Waals surface area contributed by atoms with Crippen LogP contribution in [-0.4, -0.2) is 23.2 Å². The van der Waals surface area contributed by atoms with Gasteiger partial charge in [0.15, 0.2) is 0 Å². The molecule has 3 heteroatoms. The van der Waals surface area contributed by atoms with Gasteiger partial charge in [-0.05, 0) is 172 Å². The van der Waals surface area contributed by atoms with Crippen LogP contribution in [0, 0.1) is 63.6 Å². The highest BCUT2D eigenvalue weighted by molar-refractivity contribution is 5.70. The number of aliphatic carboxylic acids is 1. The van der Waals surface area contributed by atoms with E-state index in [2.05, 4.69) is 51.2 Å². The van der Waals surface area contributed by atoms with Crippen molar-refractivity contribution in [1.82, 2.24) is 5.32 Å². The summed E-state index contributed by atoms with van der Waals surface area (Å²) in [5, 5.41) is 13.8. The Morgan fingerprint density at radius 2 is 1.61 bits per heavy atom. The van der Waals surface area contributed by atoms with Crippen molar-refractivity contribution >= 4 is 5.97 Å². The predicted octanol–water partition coefficient (Wildman–Crippen LogP) is 9.89. The summed E-state index contributed by atoms with van der Waals surface area (Å²) in [6.07, 6.45) is 29.9. The van der Waals surface area contributed by atoms with E-state index < -0.39 is 5.97 Å². The topological polar surface area (TPSA) is 49.3 Å². The molecule has 0 saturated heterocycles. The van der Waals surface area contributed by atoms with E-state index >= 15 is 0 Å². The van der Waals surface area contributed by atoms with E-state index in [-0.39, 0.29) is 5.92 Å². The molecule has 0 radical (unpaired) electrons. The monoisotopic (exact) mass is 599 g/mol. The van der Waals surface area contributed by atoms with Gasteiger partial charge in [-0.2, -0.15) is 0 Å². The van der Waals surface area contributed by atoms with E-state index in [9.17, 15) is 9.90 Å². The number of carboxylic acid groups (broad SMARTS) is 1. The summed E-state index contributed by atoms with van der Waals surface area (Å²) in [5.74, 6) is 5.01. The van der Waals surface area contributed by atoms with E-state index in [0.29, 0.717) is 34.1 Å². The van der Waals surface area contributed by atoms with Crippen molar-refractivity contribution < 1.29 is 9.90 Å². The summed E-state index contributed by atoms with van der Waals surface area (Å²) in [6, 6.07) is 0. The Balaban J connectivity index is 1.02. The molecule has 8 aliphatic carbocycles. The zero-order valence-electron chi connectivity index (χ0n) is 28.4. The lowest BCUT2D eigenvalue weighted by molar-refractivity contribution is -0.212. The van der Waals surface area contributed by atoms with Crippen molar-refractivity contribution in [2.45, 2.75) is 142 Å². The number of carboxylic acids is 1. The number of rotatable bonds is 7. The summed E-state index contributed by atoms with van der Waals surface area (Å²) < 4.78 is 0. The fourth-order valence-corrected chi connectivity index (χ4v) is 13.7. The molecule has 8 aliphatic rings. The first kappa shape index (κ1) is 30.0. The number of nitrogens with one attached hydrogen (secondary N) is 1. The highest BCUT2D eigenvalue weighted by atomic mass is 16.4. The molecule has 2 N–H and O–H groups in total. The lowest BCUT2D eigenvalue weighted by Crippen LogP contribution is -2.66. The number of carbonyl (C=O) groups is 1. The van der Waals surface area contributed by atoms with Crippen molar-refractivity contribution in [3.8, 4) is 0 Å². The van der Waals surface area contributed by atoms with Crippen LogP contribution in [0.2, 0.25) is 0 Å². The van der Waals surface area contributed by atoms with Crippen LogP contribution in [0.15, 0.2) is 34.9 Å². The normalized spacial score (nSPS) is 48.2. The van der Waals surface area contributed by atoms with Gasteiger partial charge < -0.3 is 10.4 Å². The average Bonchev–Trinajstić information content (AvgIpc) is 3.95.